The molecule has 0 fully saturated rings. The van der Waals surface area contributed by atoms with Crippen molar-refractivity contribution in [1.29, 1.82) is 0 Å². The van der Waals surface area contributed by atoms with Gasteiger partial charge in [-0.2, -0.15) is 0 Å². The lowest BCUT2D eigenvalue weighted by molar-refractivity contribution is 0.0600. The maximum atomic E-state index is 13.7. The topological polar surface area (TPSA) is 65.2 Å². The molecule has 2 rings (SSSR count). The van der Waals surface area contributed by atoms with Crippen molar-refractivity contribution in [2.24, 2.45) is 0 Å². The Kier molecular flexibility index (Phi) is 3.23. The van der Waals surface area contributed by atoms with Gasteiger partial charge in [-0.05, 0) is 12.1 Å². The third-order valence-electron chi connectivity index (χ3n) is 2.50. The van der Waals surface area contributed by atoms with Crippen LogP contribution in [0.5, 0.6) is 0 Å². The number of methoxy groups -OCH3 is 1. The molecule has 0 spiro atoms. The number of ether oxygens (including phenoxy) is 1. The molecule has 92 valence electrons. The fourth-order valence-electron chi connectivity index (χ4n) is 1.60. The predicted octanol–water partition coefficient (Wildman–Crippen LogP) is 2.26. The second-order valence-electron chi connectivity index (χ2n) is 3.63. The molecular formula is C13H11FN2O2. The third kappa shape index (κ3) is 2.15. The van der Waals surface area contributed by atoms with Gasteiger partial charge in [-0.1, -0.05) is 18.2 Å². The smallest absolute Gasteiger partial charge is 0.339 e. The summed E-state index contributed by atoms with van der Waals surface area (Å²) in [4.78, 5) is 15.3. The van der Waals surface area contributed by atoms with Gasteiger partial charge in [0.15, 0.2) is 0 Å². The average Bonchev–Trinajstić information content (AvgIpc) is 2.39. The molecule has 2 aromatic rings. The van der Waals surface area contributed by atoms with E-state index in [1.807, 2.05) is 0 Å². The third-order valence-corrected chi connectivity index (χ3v) is 2.50. The van der Waals surface area contributed by atoms with E-state index in [2.05, 4.69) is 9.72 Å². The van der Waals surface area contributed by atoms with E-state index >= 15 is 0 Å². The number of hydrogen-bond donors (Lipinski definition) is 1. The van der Waals surface area contributed by atoms with E-state index < -0.39 is 11.8 Å². The Labute approximate surface area is 103 Å². The van der Waals surface area contributed by atoms with Crippen LogP contribution in [0.15, 0.2) is 36.5 Å². The number of nitrogens with two attached hydrogens (primary N) is 1. The minimum absolute atomic E-state index is 0.160. The van der Waals surface area contributed by atoms with Crippen molar-refractivity contribution in [3.8, 4) is 11.1 Å². The lowest BCUT2D eigenvalue weighted by Gasteiger charge is -2.08. The minimum atomic E-state index is -0.542. The fourth-order valence-corrected chi connectivity index (χ4v) is 1.60. The van der Waals surface area contributed by atoms with Gasteiger partial charge in [-0.25, -0.2) is 14.2 Å². The standard InChI is InChI=1S/C13H11FN2O2/c1-18-13(17)8-6-10(12(15)16-7-8)9-4-2-3-5-11(9)14/h2-7H,1H3,(H2,15,16). The number of nitrogen functional groups attached to an aromatic ring is 1. The molecule has 4 nitrogen and oxygen atoms in total. The van der Waals surface area contributed by atoms with Crippen LogP contribution in [0.25, 0.3) is 11.1 Å². The van der Waals surface area contributed by atoms with E-state index in [9.17, 15) is 9.18 Å². The molecular weight excluding hydrogens is 235 g/mol. The Balaban J connectivity index is 2.57. The first-order chi connectivity index (χ1) is 8.63. The molecule has 0 aliphatic heterocycles. The van der Waals surface area contributed by atoms with Gasteiger partial charge in [-0.3, -0.25) is 0 Å². The van der Waals surface area contributed by atoms with Crippen LogP contribution in [-0.4, -0.2) is 18.1 Å². The van der Waals surface area contributed by atoms with E-state index in [0.717, 1.165) is 0 Å². The molecule has 0 aliphatic rings. The lowest BCUT2D eigenvalue weighted by atomic mass is 10.0. The summed E-state index contributed by atoms with van der Waals surface area (Å²) in [5, 5.41) is 0. The number of esters is 1. The van der Waals surface area contributed by atoms with Crippen LogP contribution in [0.1, 0.15) is 10.4 Å². The van der Waals surface area contributed by atoms with Gasteiger partial charge in [-0.15, -0.1) is 0 Å². The van der Waals surface area contributed by atoms with E-state index in [1.54, 1.807) is 18.2 Å². The minimum Gasteiger partial charge on any atom is -0.465 e. The molecule has 0 atom stereocenters. The Hall–Kier alpha value is -2.43. The summed E-state index contributed by atoms with van der Waals surface area (Å²) in [7, 11) is 1.27. The van der Waals surface area contributed by atoms with Crippen LogP contribution >= 0.6 is 0 Å². The van der Waals surface area contributed by atoms with Crippen molar-refractivity contribution < 1.29 is 13.9 Å². The number of hydrogen-bond acceptors (Lipinski definition) is 4. The van der Waals surface area contributed by atoms with Crippen molar-refractivity contribution >= 4 is 11.8 Å². The Morgan fingerprint density at radius 1 is 1.33 bits per heavy atom. The molecule has 0 amide bonds. The zero-order valence-electron chi connectivity index (χ0n) is 9.68. The van der Waals surface area contributed by atoms with Gasteiger partial charge in [0.05, 0.1) is 12.7 Å². The maximum Gasteiger partial charge on any atom is 0.339 e. The summed E-state index contributed by atoms with van der Waals surface area (Å²) in [5.41, 5.74) is 6.60. The molecule has 0 saturated carbocycles. The number of carbonyl (C=O) groups is 1. The van der Waals surface area contributed by atoms with Crippen molar-refractivity contribution in [2.75, 3.05) is 12.8 Å². The predicted molar refractivity (Wildman–Crippen MR) is 65.4 cm³/mol. The molecule has 5 heteroatoms. The first-order valence-electron chi connectivity index (χ1n) is 5.22. The van der Waals surface area contributed by atoms with Crippen LogP contribution in [0.4, 0.5) is 10.2 Å². The molecule has 1 aromatic carbocycles. The first kappa shape index (κ1) is 12.0. The zero-order chi connectivity index (χ0) is 13.1. The summed E-state index contributed by atoms with van der Waals surface area (Å²) in [5.74, 6) is -0.805. The van der Waals surface area contributed by atoms with E-state index in [0.29, 0.717) is 11.1 Å². The Morgan fingerprint density at radius 3 is 2.72 bits per heavy atom. The highest BCUT2D eigenvalue weighted by atomic mass is 19.1. The zero-order valence-corrected chi connectivity index (χ0v) is 9.68. The summed E-state index contributed by atoms with van der Waals surface area (Å²) >= 11 is 0. The molecule has 18 heavy (non-hydrogen) atoms. The number of anilines is 1. The van der Waals surface area contributed by atoms with Crippen molar-refractivity contribution in [1.82, 2.24) is 4.98 Å². The van der Waals surface area contributed by atoms with Crippen LogP contribution in [0.2, 0.25) is 0 Å². The van der Waals surface area contributed by atoms with Crippen LogP contribution < -0.4 is 5.73 Å². The number of nitrogens with zero attached hydrogens (tertiary/aromatic N) is 1. The van der Waals surface area contributed by atoms with E-state index in [4.69, 9.17) is 5.73 Å². The molecule has 2 N–H and O–H groups in total. The highest BCUT2D eigenvalue weighted by molar-refractivity contribution is 5.91. The van der Waals surface area contributed by atoms with Gasteiger partial charge >= 0.3 is 5.97 Å². The highest BCUT2D eigenvalue weighted by Crippen LogP contribution is 2.27. The molecule has 0 aliphatic carbocycles. The molecule has 1 aromatic heterocycles. The summed E-state index contributed by atoms with van der Waals surface area (Å²) < 4.78 is 18.3. The van der Waals surface area contributed by atoms with Gasteiger partial charge in [0.1, 0.15) is 11.6 Å². The first-order valence-corrected chi connectivity index (χ1v) is 5.22. The molecule has 0 unspecified atom stereocenters. The Morgan fingerprint density at radius 2 is 2.06 bits per heavy atom. The van der Waals surface area contributed by atoms with Gasteiger partial charge < -0.3 is 10.5 Å². The van der Waals surface area contributed by atoms with Crippen molar-refractivity contribution in [3.05, 3.63) is 47.9 Å². The molecule has 0 bridgehead atoms. The number of benzene rings is 1. The van der Waals surface area contributed by atoms with E-state index in [-0.39, 0.29) is 11.4 Å². The summed E-state index contributed by atoms with van der Waals surface area (Å²) in [6, 6.07) is 7.62. The quantitative estimate of drug-likeness (QED) is 0.825. The van der Waals surface area contributed by atoms with E-state index in [1.165, 1.54) is 25.4 Å². The Bertz CT molecular complexity index is 599. The SMILES string of the molecule is COC(=O)c1cnc(N)c(-c2ccccc2F)c1. The summed E-state index contributed by atoms with van der Waals surface area (Å²) in [6.45, 7) is 0. The van der Waals surface area contributed by atoms with Crippen LogP contribution in [-0.2, 0) is 4.74 Å². The highest BCUT2D eigenvalue weighted by Gasteiger charge is 2.13. The second-order valence-corrected chi connectivity index (χ2v) is 3.63. The molecule has 0 saturated heterocycles. The number of pyridine rings is 1. The second kappa shape index (κ2) is 4.83. The number of rotatable bonds is 2. The molecule has 0 radical (unpaired) electrons. The average molecular weight is 246 g/mol. The van der Waals surface area contributed by atoms with Gasteiger partial charge in [0.25, 0.3) is 0 Å². The number of halogens is 1. The maximum absolute atomic E-state index is 13.7. The van der Waals surface area contributed by atoms with Gasteiger partial charge in [0, 0.05) is 17.3 Å². The van der Waals surface area contributed by atoms with Gasteiger partial charge in [0.2, 0.25) is 0 Å². The molecule has 1 heterocycles. The van der Waals surface area contributed by atoms with Crippen LogP contribution in [0.3, 0.4) is 0 Å². The fraction of sp³-hybridized carbons (Fsp3) is 0.0769. The summed E-state index contributed by atoms with van der Waals surface area (Å²) in [6.07, 6.45) is 1.30. The largest absolute Gasteiger partial charge is 0.465 e. The number of aromatic nitrogens is 1. The van der Waals surface area contributed by atoms with Crippen molar-refractivity contribution in [2.45, 2.75) is 0 Å². The monoisotopic (exact) mass is 246 g/mol. The normalized spacial score (nSPS) is 10.1. The van der Waals surface area contributed by atoms with Crippen molar-refractivity contribution in [3.63, 3.8) is 0 Å². The lowest BCUT2D eigenvalue weighted by Crippen LogP contribution is -2.04. The number of carbonyl (C=O) groups excluding carboxylic acids is 1. The van der Waals surface area contributed by atoms with Crippen LogP contribution in [0, 0.1) is 5.82 Å².